The lowest BCUT2D eigenvalue weighted by molar-refractivity contribution is 0.0527. The molecular weight excluding hydrogens is 327 g/mol. The molecule has 2 aromatic rings. The fraction of sp³-hybridized carbons (Fsp3) is 0.167. The van der Waals surface area contributed by atoms with E-state index in [-0.39, 0.29) is 17.8 Å². The standard InChI is InChI=1S/C12H12BBrN2O4/c1-2-20-12(17)8-7-15-16(11(8)13(18)19)10-6-4-3-5-9(10)14/h3-7,18-19H,2H2,1H3. The van der Waals surface area contributed by atoms with Gasteiger partial charge in [0.25, 0.3) is 0 Å². The van der Waals surface area contributed by atoms with Crippen molar-refractivity contribution in [1.29, 1.82) is 0 Å². The van der Waals surface area contributed by atoms with E-state index in [4.69, 9.17) is 4.74 Å². The predicted octanol–water partition coefficient (Wildman–Crippen LogP) is 0.491. The molecule has 0 bridgehead atoms. The average molecular weight is 339 g/mol. The number of carbonyl (C=O) groups excluding carboxylic acids is 1. The maximum absolute atomic E-state index is 11.8. The van der Waals surface area contributed by atoms with Crippen molar-refractivity contribution in [2.75, 3.05) is 6.61 Å². The van der Waals surface area contributed by atoms with E-state index >= 15 is 0 Å². The summed E-state index contributed by atoms with van der Waals surface area (Å²) in [5.74, 6) is -0.645. The minimum atomic E-state index is -1.84. The quantitative estimate of drug-likeness (QED) is 0.626. The molecule has 0 saturated heterocycles. The Morgan fingerprint density at radius 3 is 2.75 bits per heavy atom. The van der Waals surface area contributed by atoms with Crippen LogP contribution in [0.1, 0.15) is 17.3 Å². The summed E-state index contributed by atoms with van der Waals surface area (Å²) in [6.07, 6.45) is 1.26. The molecule has 0 radical (unpaired) electrons. The summed E-state index contributed by atoms with van der Waals surface area (Å²) in [6.45, 7) is 1.87. The number of benzene rings is 1. The minimum Gasteiger partial charge on any atom is -0.462 e. The molecule has 0 aliphatic carbocycles. The number of rotatable bonds is 4. The summed E-state index contributed by atoms with van der Waals surface area (Å²) in [4.78, 5) is 11.8. The van der Waals surface area contributed by atoms with Crippen molar-refractivity contribution >= 4 is 34.6 Å². The molecule has 0 spiro atoms. The van der Waals surface area contributed by atoms with Gasteiger partial charge in [-0.3, -0.25) is 0 Å². The summed E-state index contributed by atoms with van der Waals surface area (Å²) in [5.41, 5.74) is 0.583. The molecule has 0 aliphatic rings. The molecule has 1 aromatic carbocycles. The molecule has 8 heteroatoms. The van der Waals surface area contributed by atoms with Crippen LogP contribution in [-0.2, 0) is 4.74 Å². The highest BCUT2D eigenvalue weighted by Crippen LogP contribution is 2.19. The number of esters is 1. The Morgan fingerprint density at radius 1 is 1.45 bits per heavy atom. The Balaban J connectivity index is 2.56. The molecule has 0 saturated carbocycles. The molecule has 0 aliphatic heterocycles. The van der Waals surface area contributed by atoms with Crippen molar-refractivity contribution in [3.05, 3.63) is 40.5 Å². The van der Waals surface area contributed by atoms with Gasteiger partial charge in [0.1, 0.15) is 0 Å². The van der Waals surface area contributed by atoms with Gasteiger partial charge in [-0.1, -0.05) is 12.1 Å². The van der Waals surface area contributed by atoms with Gasteiger partial charge in [-0.15, -0.1) is 0 Å². The number of halogens is 1. The second-order valence-corrected chi connectivity index (χ2v) is 4.76. The molecule has 2 rings (SSSR count). The average Bonchev–Trinajstić information content (AvgIpc) is 2.84. The lowest BCUT2D eigenvalue weighted by atomic mass is 9.82. The van der Waals surface area contributed by atoms with Crippen LogP contribution < -0.4 is 5.59 Å². The molecule has 104 valence electrons. The number of hydrogen-bond acceptors (Lipinski definition) is 5. The van der Waals surface area contributed by atoms with E-state index in [1.165, 1.54) is 10.9 Å². The van der Waals surface area contributed by atoms with Crippen molar-refractivity contribution in [2.24, 2.45) is 0 Å². The van der Waals surface area contributed by atoms with Crippen molar-refractivity contribution in [3.63, 3.8) is 0 Å². The molecule has 20 heavy (non-hydrogen) atoms. The van der Waals surface area contributed by atoms with E-state index in [1.807, 2.05) is 6.07 Å². The Labute approximate surface area is 124 Å². The number of para-hydroxylation sites is 1. The number of hydrogen-bond donors (Lipinski definition) is 2. The molecule has 6 nitrogen and oxygen atoms in total. The summed E-state index contributed by atoms with van der Waals surface area (Å²) < 4.78 is 6.87. The van der Waals surface area contributed by atoms with Gasteiger partial charge in [0, 0.05) is 4.47 Å². The SMILES string of the molecule is CCOC(=O)c1cnn(-c2ccccc2Br)c1B(O)O. The van der Waals surface area contributed by atoms with Crippen LogP contribution in [0.5, 0.6) is 0 Å². The summed E-state index contributed by atoms with van der Waals surface area (Å²) in [6, 6.07) is 7.12. The summed E-state index contributed by atoms with van der Waals surface area (Å²) >= 11 is 3.35. The first-order valence-electron chi connectivity index (χ1n) is 5.92. The largest absolute Gasteiger partial charge is 0.509 e. The third kappa shape index (κ3) is 2.77. The van der Waals surface area contributed by atoms with Gasteiger partial charge in [0.05, 0.1) is 29.6 Å². The zero-order chi connectivity index (χ0) is 14.7. The minimum absolute atomic E-state index is 0.0256. The van der Waals surface area contributed by atoms with E-state index in [9.17, 15) is 14.8 Å². The Kier molecular flexibility index (Phi) is 4.59. The van der Waals surface area contributed by atoms with Gasteiger partial charge in [0.2, 0.25) is 0 Å². The molecule has 0 amide bonds. The number of nitrogens with zero attached hydrogens (tertiary/aromatic N) is 2. The molecule has 1 heterocycles. The number of aromatic nitrogens is 2. The highest BCUT2D eigenvalue weighted by molar-refractivity contribution is 9.10. The molecule has 0 unspecified atom stereocenters. The Morgan fingerprint density at radius 2 is 2.15 bits per heavy atom. The molecule has 1 aromatic heterocycles. The number of ether oxygens (including phenoxy) is 1. The third-order valence-corrected chi connectivity index (χ3v) is 3.30. The smallest absolute Gasteiger partial charge is 0.462 e. The molecule has 0 atom stereocenters. The van der Waals surface area contributed by atoms with Gasteiger partial charge in [-0.25, -0.2) is 9.48 Å². The molecule has 0 fully saturated rings. The maximum atomic E-state index is 11.8. The van der Waals surface area contributed by atoms with E-state index < -0.39 is 13.1 Å². The van der Waals surface area contributed by atoms with Crippen LogP contribution in [0.15, 0.2) is 34.9 Å². The van der Waals surface area contributed by atoms with Crippen molar-refractivity contribution < 1.29 is 19.6 Å². The topological polar surface area (TPSA) is 84.6 Å². The lowest BCUT2D eigenvalue weighted by Crippen LogP contribution is -2.40. The van der Waals surface area contributed by atoms with E-state index in [2.05, 4.69) is 21.0 Å². The zero-order valence-electron chi connectivity index (χ0n) is 10.7. The van der Waals surface area contributed by atoms with Crippen molar-refractivity contribution in [2.45, 2.75) is 6.92 Å². The second kappa shape index (κ2) is 6.21. The van der Waals surface area contributed by atoms with Gasteiger partial charge in [-0.2, -0.15) is 5.10 Å². The van der Waals surface area contributed by atoms with Crippen LogP contribution in [0, 0.1) is 0 Å². The lowest BCUT2D eigenvalue weighted by Gasteiger charge is -2.10. The van der Waals surface area contributed by atoms with Crippen LogP contribution in [-0.4, -0.2) is 39.5 Å². The van der Waals surface area contributed by atoms with Crippen molar-refractivity contribution in [1.82, 2.24) is 9.78 Å². The zero-order valence-corrected chi connectivity index (χ0v) is 12.2. The van der Waals surface area contributed by atoms with E-state index in [0.717, 1.165) is 0 Å². The van der Waals surface area contributed by atoms with Crippen molar-refractivity contribution in [3.8, 4) is 5.69 Å². The third-order valence-electron chi connectivity index (χ3n) is 2.63. The van der Waals surface area contributed by atoms with Gasteiger partial charge >= 0.3 is 13.1 Å². The summed E-state index contributed by atoms with van der Waals surface area (Å²) in [7, 11) is -1.84. The van der Waals surface area contributed by atoms with Gasteiger partial charge < -0.3 is 14.8 Å². The molecule has 2 N–H and O–H groups in total. The second-order valence-electron chi connectivity index (χ2n) is 3.90. The highest BCUT2D eigenvalue weighted by Gasteiger charge is 2.28. The highest BCUT2D eigenvalue weighted by atomic mass is 79.9. The van der Waals surface area contributed by atoms with E-state index in [0.29, 0.717) is 10.2 Å². The van der Waals surface area contributed by atoms with E-state index in [1.54, 1.807) is 25.1 Å². The monoisotopic (exact) mass is 338 g/mol. The van der Waals surface area contributed by atoms with Crippen LogP contribution >= 0.6 is 15.9 Å². The van der Waals surface area contributed by atoms with Crippen LogP contribution in [0.4, 0.5) is 0 Å². The fourth-order valence-electron chi connectivity index (χ4n) is 1.79. The van der Waals surface area contributed by atoms with Crippen LogP contribution in [0.3, 0.4) is 0 Å². The van der Waals surface area contributed by atoms with Crippen LogP contribution in [0.25, 0.3) is 5.69 Å². The Bertz CT molecular complexity index is 630. The molecular formula is C12H12BBrN2O4. The first-order chi connectivity index (χ1) is 9.56. The van der Waals surface area contributed by atoms with Gasteiger partial charge in [0.15, 0.2) is 0 Å². The summed E-state index contributed by atoms with van der Waals surface area (Å²) in [5, 5.41) is 23.1. The predicted molar refractivity (Wildman–Crippen MR) is 77.0 cm³/mol. The first-order valence-corrected chi connectivity index (χ1v) is 6.71. The van der Waals surface area contributed by atoms with Gasteiger partial charge in [-0.05, 0) is 35.0 Å². The van der Waals surface area contributed by atoms with Crippen LogP contribution in [0.2, 0.25) is 0 Å². The normalized spacial score (nSPS) is 10.4. The first kappa shape index (κ1) is 14.8. The fourth-order valence-corrected chi connectivity index (χ4v) is 2.24. The Hall–Kier alpha value is -1.64. The maximum Gasteiger partial charge on any atom is 0.509 e. The number of carbonyl (C=O) groups is 1.